The van der Waals surface area contributed by atoms with Crippen LogP contribution in [-0.4, -0.2) is 35.1 Å². The van der Waals surface area contributed by atoms with Crippen LogP contribution in [0.25, 0.3) is 11.0 Å². The molecule has 0 aliphatic heterocycles. The molecule has 0 atom stereocenters. The van der Waals surface area contributed by atoms with E-state index in [-0.39, 0.29) is 17.7 Å². The van der Waals surface area contributed by atoms with Gasteiger partial charge >= 0.3 is 5.63 Å². The number of rotatable bonds is 5. The Hall–Kier alpha value is -3.42. The van der Waals surface area contributed by atoms with Crippen LogP contribution in [0.15, 0.2) is 52.1 Å². The van der Waals surface area contributed by atoms with Crippen molar-refractivity contribution in [1.29, 1.82) is 0 Å². The number of ether oxygens (including phenoxy) is 2. The van der Waals surface area contributed by atoms with Gasteiger partial charge in [-0.25, -0.2) is 9.78 Å². The highest BCUT2D eigenvalue weighted by Gasteiger charge is 2.25. The van der Waals surface area contributed by atoms with Crippen molar-refractivity contribution in [3.05, 3.63) is 58.8 Å². The number of aromatic nitrogens is 2. The number of fused-ring (bicyclic) bond motifs is 1. The van der Waals surface area contributed by atoms with Gasteiger partial charge < -0.3 is 19.2 Å². The molecule has 2 heterocycles. The number of carbonyl (C=O) groups is 1. The van der Waals surface area contributed by atoms with E-state index in [1.807, 2.05) is 0 Å². The van der Waals surface area contributed by atoms with E-state index in [0.29, 0.717) is 22.6 Å². The topological polar surface area (TPSA) is 104 Å². The van der Waals surface area contributed by atoms with Crippen molar-refractivity contribution < 1.29 is 18.7 Å². The van der Waals surface area contributed by atoms with Crippen LogP contribution in [0.4, 0.5) is 0 Å². The Kier molecular flexibility index (Phi) is 5.41. The molecule has 0 spiro atoms. The van der Waals surface area contributed by atoms with E-state index in [1.54, 1.807) is 42.9 Å². The Morgan fingerprint density at radius 1 is 1.21 bits per heavy atom. The van der Waals surface area contributed by atoms with Crippen molar-refractivity contribution >= 4 is 16.9 Å². The maximum absolute atomic E-state index is 12.7. The highest BCUT2D eigenvalue weighted by atomic mass is 16.5. The highest BCUT2D eigenvalue weighted by Crippen LogP contribution is 2.25. The summed E-state index contributed by atoms with van der Waals surface area (Å²) >= 11 is 0. The van der Waals surface area contributed by atoms with Crippen LogP contribution in [0.1, 0.15) is 36.0 Å². The third-order valence-corrected chi connectivity index (χ3v) is 5.02. The fourth-order valence-electron chi connectivity index (χ4n) is 3.54. The van der Waals surface area contributed by atoms with Crippen LogP contribution in [0, 0.1) is 0 Å². The predicted molar refractivity (Wildman–Crippen MR) is 105 cm³/mol. The molecule has 1 saturated carbocycles. The van der Waals surface area contributed by atoms with Crippen molar-refractivity contribution in [1.82, 2.24) is 15.3 Å². The number of carbonyl (C=O) groups excluding carboxylic acids is 1. The van der Waals surface area contributed by atoms with Crippen LogP contribution in [0.2, 0.25) is 0 Å². The van der Waals surface area contributed by atoms with Gasteiger partial charge in [-0.15, -0.1) is 0 Å². The van der Waals surface area contributed by atoms with Gasteiger partial charge in [0.2, 0.25) is 5.88 Å². The average molecular weight is 395 g/mol. The maximum Gasteiger partial charge on any atom is 0.349 e. The number of nitrogens with one attached hydrogen (secondary N) is 1. The summed E-state index contributed by atoms with van der Waals surface area (Å²) in [4.78, 5) is 33.1. The van der Waals surface area contributed by atoms with Gasteiger partial charge in [-0.1, -0.05) is 12.1 Å². The summed E-state index contributed by atoms with van der Waals surface area (Å²) in [7, 11) is 1.50. The lowest BCUT2D eigenvalue weighted by molar-refractivity contribution is 0.0886. The van der Waals surface area contributed by atoms with Gasteiger partial charge in [0, 0.05) is 23.8 Å². The van der Waals surface area contributed by atoms with E-state index in [9.17, 15) is 9.59 Å². The molecule has 0 unspecified atom stereocenters. The molecule has 2 aromatic heterocycles. The normalized spacial score (nSPS) is 18.9. The number of hydrogen-bond donors (Lipinski definition) is 1. The fourth-order valence-corrected chi connectivity index (χ4v) is 3.54. The fraction of sp³-hybridized carbons (Fsp3) is 0.333. The molecule has 1 aliphatic rings. The molecular weight excluding hydrogens is 374 g/mol. The van der Waals surface area contributed by atoms with Gasteiger partial charge in [0.1, 0.15) is 11.7 Å². The van der Waals surface area contributed by atoms with Gasteiger partial charge in [-0.05, 0) is 37.8 Å². The van der Waals surface area contributed by atoms with Crippen molar-refractivity contribution in [2.24, 2.45) is 0 Å². The molecule has 1 aliphatic carbocycles. The van der Waals surface area contributed by atoms with E-state index < -0.39 is 11.5 Å². The molecule has 150 valence electrons. The second-order valence-electron chi connectivity index (χ2n) is 6.93. The highest BCUT2D eigenvalue weighted by molar-refractivity contribution is 5.97. The van der Waals surface area contributed by atoms with Gasteiger partial charge in [-0.2, -0.15) is 0 Å². The molecule has 1 fully saturated rings. The Bertz CT molecular complexity index is 1060. The van der Waals surface area contributed by atoms with Gasteiger partial charge in [0.25, 0.3) is 5.91 Å². The SMILES string of the molecule is COc1cccc2cc(C(=O)NC3CCC(Oc4cnccn4)CC3)c(=O)oc12. The summed E-state index contributed by atoms with van der Waals surface area (Å²) in [5.41, 5.74) is -0.360. The zero-order chi connectivity index (χ0) is 20.2. The zero-order valence-electron chi connectivity index (χ0n) is 16.0. The number of para-hydroxylation sites is 1. The molecule has 0 saturated heterocycles. The minimum absolute atomic E-state index is 0.0105. The second kappa shape index (κ2) is 8.30. The minimum Gasteiger partial charge on any atom is -0.493 e. The Balaban J connectivity index is 1.40. The van der Waals surface area contributed by atoms with E-state index in [2.05, 4.69) is 15.3 Å². The first-order chi connectivity index (χ1) is 14.1. The molecule has 1 amide bonds. The van der Waals surface area contributed by atoms with Crippen LogP contribution in [0.3, 0.4) is 0 Å². The maximum atomic E-state index is 12.7. The summed E-state index contributed by atoms with van der Waals surface area (Å²) in [6, 6.07) is 6.77. The number of hydrogen-bond acceptors (Lipinski definition) is 7. The molecule has 8 nitrogen and oxygen atoms in total. The van der Waals surface area contributed by atoms with Gasteiger partial charge in [0.05, 0.1) is 13.3 Å². The standard InChI is InChI=1S/C21H21N3O5/c1-27-17-4-2-3-13-11-16(21(26)29-19(13)17)20(25)24-14-5-7-15(8-6-14)28-18-12-22-9-10-23-18/h2-4,9-12,14-15H,5-8H2,1H3,(H,24,25). The van der Waals surface area contributed by atoms with Crippen LogP contribution in [-0.2, 0) is 0 Å². The molecular formula is C21H21N3O5. The molecule has 1 N–H and O–H groups in total. The lowest BCUT2D eigenvalue weighted by atomic mass is 9.92. The average Bonchev–Trinajstić information content (AvgIpc) is 2.75. The predicted octanol–water partition coefficient (Wildman–Crippen LogP) is 2.71. The molecule has 0 bridgehead atoms. The first-order valence-corrected chi connectivity index (χ1v) is 9.48. The van der Waals surface area contributed by atoms with Crippen molar-refractivity contribution in [2.45, 2.75) is 37.8 Å². The zero-order valence-corrected chi connectivity index (χ0v) is 16.0. The quantitative estimate of drug-likeness (QED) is 0.663. The van der Waals surface area contributed by atoms with Gasteiger partial charge in [0.15, 0.2) is 11.3 Å². The summed E-state index contributed by atoms with van der Waals surface area (Å²) in [6.07, 6.45) is 7.88. The van der Waals surface area contributed by atoms with Crippen LogP contribution in [0.5, 0.6) is 11.6 Å². The molecule has 3 aromatic rings. The van der Waals surface area contributed by atoms with Crippen molar-refractivity contribution in [2.75, 3.05) is 7.11 Å². The molecule has 8 heteroatoms. The summed E-state index contributed by atoms with van der Waals surface area (Å²) < 4.78 is 16.4. The van der Waals surface area contributed by atoms with Crippen molar-refractivity contribution in [3.63, 3.8) is 0 Å². The number of benzene rings is 1. The number of methoxy groups -OCH3 is 1. The molecule has 0 radical (unpaired) electrons. The lowest BCUT2D eigenvalue weighted by Gasteiger charge is -2.29. The number of nitrogens with zero attached hydrogens (tertiary/aromatic N) is 2. The van der Waals surface area contributed by atoms with Gasteiger partial charge in [-0.3, -0.25) is 9.78 Å². The first kappa shape index (κ1) is 18.9. The Morgan fingerprint density at radius 2 is 2.03 bits per heavy atom. The van der Waals surface area contributed by atoms with E-state index in [0.717, 1.165) is 25.7 Å². The largest absolute Gasteiger partial charge is 0.493 e. The second-order valence-corrected chi connectivity index (χ2v) is 6.93. The van der Waals surface area contributed by atoms with E-state index in [4.69, 9.17) is 13.9 Å². The molecule has 4 rings (SSSR count). The summed E-state index contributed by atoms with van der Waals surface area (Å²) in [6.45, 7) is 0. The van der Waals surface area contributed by atoms with E-state index in [1.165, 1.54) is 7.11 Å². The van der Waals surface area contributed by atoms with Crippen LogP contribution < -0.4 is 20.4 Å². The molecule has 1 aromatic carbocycles. The summed E-state index contributed by atoms with van der Waals surface area (Å²) in [5.74, 6) is 0.527. The molecule has 29 heavy (non-hydrogen) atoms. The Labute approximate surface area is 166 Å². The first-order valence-electron chi connectivity index (χ1n) is 9.48. The lowest BCUT2D eigenvalue weighted by Crippen LogP contribution is -2.41. The third kappa shape index (κ3) is 4.21. The van der Waals surface area contributed by atoms with Crippen molar-refractivity contribution in [3.8, 4) is 11.6 Å². The number of amides is 1. The smallest absolute Gasteiger partial charge is 0.349 e. The van der Waals surface area contributed by atoms with Crippen LogP contribution >= 0.6 is 0 Å². The third-order valence-electron chi connectivity index (χ3n) is 5.02. The summed E-state index contributed by atoms with van der Waals surface area (Å²) in [5, 5.41) is 3.57. The van der Waals surface area contributed by atoms with E-state index >= 15 is 0 Å². The monoisotopic (exact) mass is 395 g/mol. The minimum atomic E-state index is -0.681. The Morgan fingerprint density at radius 3 is 2.76 bits per heavy atom.